The van der Waals surface area contributed by atoms with E-state index in [1.165, 1.54) is 15.8 Å². The molecule has 1 saturated heterocycles. The van der Waals surface area contributed by atoms with Gasteiger partial charge >= 0.3 is 5.97 Å². The fourth-order valence-corrected chi connectivity index (χ4v) is 5.59. The van der Waals surface area contributed by atoms with Crippen molar-refractivity contribution in [3.8, 4) is 0 Å². The molecule has 1 aliphatic rings. The summed E-state index contributed by atoms with van der Waals surface area (Å²) in [6, 6.07) is 8.71. The van der Waals surface area contributed by atoms with Gasteiger partial charge < -0.3 is 10.4 Å². The Kier molecular flexibility index (Phi) is 5.64. The van der Waals surface area contributed by atoms with Crippen molar-refractivity contribution in [1.82, 2.24) is 4.31 Å². The maximum Gasteiger partial charge on any atom is 0.306 e. The van der Waals surface area contributed by atoms with Gasteiger partial charge in [0, 0.05) is 24.2 Å². The normalized spacial score (nSPS) is 16.2. The van der Waals surface area contributed by atoms with Gasteiger partial charge in [0.25, 0.3) is 5.91 Å². The molecule has 0 bridgehead atoms. The van der Waals surface area contributed by atoms with Gasteiger partial charge in [0.1, 0.15) is 0 Å². The van der Waals surface area contributed by atoms with E-state index in [0.717, 1.165) is 16.9 Å². The molecular weight excluding hydrogens is 388 g/mol. The van der Waals surface area contributed by atoms with Crippen molar-refractivity contribution in [1.29, 1.82) is 0 Å². The van der Waals surface area contributed by atoms with Crippen molar-refractivity contribution in [2.45, 2.75) is 24.7 Å². The van der Waals surface area contributed by atoms with Crippen LogP contribution in [0.3, 0.4) is 0 Å². The number of sulfonamides is 1. The second kappa shape index (κ2) is 7.79. The number of hydrogen-bond donors (Lipinski definition) is 2. The summed E-state index contributed by atoms with van der Waals surface area (Å²) < 4.78 is 26.8. The van der Waals surface area contributed by atoms with E-state index in [9.17, 15) is 18.0 Å². The highest BCUT2D eigenvalue weighted by molar-refractivity contribution is 7.89. The van der Waals surface area contributed by atoms with Crippen molar-refractivity contribution in [2.75, 3.05) is 18.4 Å². The minimum atomic E-state index is -3.73. The summed E-state index contributed by atoms with van der Waals surface area (Å²) in [6.45, 7) is 2.21. The average molecular weight is 409 g/mol. The summed E-state index contributed by atoms with van der Waals surface area (Å²) in [5, 5.41) is 13.3. The Bertz CT molecular complexity index is 960. The minimum Gasteiger partial charge on any atom is -0.481 e. The molecule has 0 aliphatic carbocycles. The molecule has 2 aromatic rings. The van der Waals surface area contributed by atoms with Crippen LogP contribution in [0.15, 0.2) is 40.6 Å². The highest BCUT2D eigenvalue weighted by atomic mass is 32.2. The van der Waals surface area contributed by atoms with Crippen LogP contribution in [-0.4, -0.2) is 42.8 Å². The summed E-state index contributed by atoms with van der Waals surface area (Å²) >= 11 is 1.07. The molecule has 3 rings (SSSR count). The standard InChI is InChI=1S/C18H20N2O5S2/c1-12-4-2-3-5-15(12)19-17(21)16-10-14(11-26-16)27(24,25)20-8-6-13(7-9-20)18(22)23/h2-5,10-11,13H,6-9H2,1H3,(H,19,21)(H,22,23). The van der Waals surface area contributed by atoms with Crippen LogP contribution in [0.1, 0.15) is 28.1 Å². The lowest BCUT2D eigenvalue weighted by Gasteiger charge is -2.28. The number of carboxylic acid groups (broad SMARTS) is 1. The van der Waals surface area contributed by atoms with Crippen LogP contribution < -0.4 is 5.32 Å². The number of anilines is 1. The summed E-state index contributed by atoms with van der Waals surface area (Å²) in [6.07, 6.45) is 0.582. The predicted octanol–water partition coefficient (Wildman–Crippen LogP) is 2.79. The van der Waals surface area contributed by atoms with Crippen molar-refractivity contribution in [3.63, 3.8) is 0 Å². The van der Waals surface area contributed by atoms with Gasteiger partial charge in [0.2, 0.25) is 10.0 Å². The summed E-state index contributed by atoms with van der Waals surface area (Å²) in [7, 11) is -3.73. The number of nitrogens with one attached hydrogen (secondary N) is 1. The smallest absolute Gasteiger partial charge is 0.306 e. The zero-order valence-corrected chi connectivity index (χ0v) is 16.3. The Balaban J connectivity index is 1.72. The third-order valence-electron chi connectivity index (χ3n) is 4.63. The number of thiophene rings is 1. The molecule has 7 nitrogen and oxygen atoms in total. The quantitative estimate of drug-likeness (QED) is 0.792. The second-order valence-corrected chi connectivity index (χ2v) is 9.28. The van der Waals surface area contributed by atoms with Gasteiger partial charge in [-0.25, -0.2) is 8.42 Å². The van der Waals surface area contributed by atoms with Gasteiger partial charge in [-0.15, -0.1) is 11.3 Å². The van der Waals surface area contributed by atoms with Gasteiger partial charge in [-0.3, -0.25) is 9.59 Å². The molecule has 0 atom stereocenters. The number of hydrogen-bond acceptors (Lipinski definition) is 5. The maximum absolute atomic E-state index is 12.8. The lowest BCUT2D eigenvalue weighted by atomic mass is 9.99. The molecule has 1 aromatic heterocycles. The Morgan fingerprint density at radius 2 is 1.89 bits per heavy atom. The van der Waals surface area contributed by atoms with E-state index in [-0.39, 0.29) is 23.9 Å². The molecule has 0 unspecified atom stereocenters. The van der Waals surface area contributed by atoms with Crippen LogP contribution in [0.5, 0.6) is 0 Å². The number of carbonyl (C=O) groups is 2. The highest BCUT2D eigenvalue weighted by Gasteiger charge is 2.32. The molecule has 2 heterocycles. The van der Waals surface area contributed by atoms with E-state index < -0.39 is 21.9 Å². The first-order valence-corrected chi connectivity index (χ1v) is 10.8. The Hall–Kier alpha value is -2.23. The number of rotatable bonds is 5. The minimum absolute atomic E-state index is 0.0659. The molecule has 0 saturated carbocycles. The van der Waals surface area contributed by atoms with Crippen LogP contribution in [0.25, 0.3) is 0 Å². The molecule has 27 heavy (non-hydrogen) atoms. The van der Waals surface area contributed by atoms with E-state index >= 15 is 0 Å². The van der Waals surface area contributed by atoms with Gasteiger partial charge in [0.05, 0.1) is 15.7 Å². The number of nitrogens with zero attached hydrogens (tertiary/aromatic N) is 1. The molecule has 1 aliphatic heterocycles. The van der Waals surface area contributed by atoms with Crippen LogP contribution in [0, 0.1) is 12.8 Å². The summed E-state index contributed by atoms with van der Waals surface area (Å²) in [5.74, 6) is -1.76. The topological polar surface area (TPSA) is 104 Å². The van der Waals surface area contributed by atoms with Crippen LogP contribution in [-0.2, 0) is 14.8 Å². The molecule has 1 aromatic carbocycles. The maximum atomic E-state index is 12.8. The third kappa shape index (κ3) is 4.20. The third-order valence-corrected chi connectivity index (χ3v) is 7.59. The van der Waals surface area contributed by atoms with E-state index in [0.29, 0.717) is 23.4 Å². The fourth-order valence-electron chi connectivity index (χ4n) is 2.96. The van der Waals surface area contributed by atoms with Crippen molar-refractivity contribution in [2.24, 2.45) is 5.92 Å². The largest absolute Gasteiger partial charge is 0.481 e. The first-order chi connectivity index (χ1) is 12.8. The monoisotopic (exact) mass is 408 g/mol. The Morgan fingerprint density at radius 3 is 2.52 bits per heavy atom. The average Bonchev–Trinajstić information content (AvgIpc) is 3.15. The molecule has 9 heteroatoms. The zero-order chi connectivity index (χ0) is 19.6. The van der Waals surface area contributed by atoms with E-state index in [2.05, 4.69) is 5.32 Å². The van der Waals surface area contributed by atoms with Crippen LogP contribution in [0.4, 0.5) is 5.69 Å². The number of carbonyl (C=O) groups excluding carboxylic acids is 1. The molecule has 1 fully saturated rings. The number of amides is 1. The molecule has 2 N–H and O–H groups in total. The molecule has 0 radical (unpaired) electrons. The van der Waals surface area contributed by atoms with Gasteiger partial charge in [0.15, 0.2) is 0 Å². The number of aliphatic carboxylic acids is 1. The molecule has 144 valence electrons. The van der Waals surface area contributed by atoms with Crippen molar-refractivity contribution >= 4 is 38.9 Å². The first-order valence-electron chi connectivity index (χ1n) is 8.47. The van der Waals surface area contributed by atoms with Gasteiger partial charge in [-0.2, -0.15) is 4.31 Å². The Labute approximate surface area is 161 Å². The lowest BCUT2D eigenvalue weighted by Crippen LogP contribution is -2.40. The number of para-hydroxylation sites is 1. The SMILES string of the molecule is Cc1ccccc1NC(=O)c1cc(S(=O)(=O)N2CCC(C(=O)O)CC2)cs1. The van der Waals surface area contributed by atoms with Gasteiger partial charge in [-0.05, 0) is 37.5 Å². The molecule has 1 amide bonds. The van der Waals surface area contributed by atoms with E-state index in [1.54, 1.807) is 6.07 Å². The van der Waals surface area contributed by atoms with E-state index in [4.69, 9.17) is 5.11 Å². The second-order valence-electron chi connectivity index (χ2n) is 6.43. The van der Waals surface area contributed by atoms with Crippen molar-refractivity contribution < 1.29 is 23.1 Å². The number of aryl methyl sites for hydroxylation is 1. The number of carboxylic acids is 1. The molecular formula is C18H20N2O5S2. The zero-order valence-electron chi connectivity index (χ0n) is 14.7. The number of benzene rings is 1. The van der Waals surface area contributed by atoms with E-state index in [1.807, 2.05) is 25.1 Å². The lowest BCUT2D eigenvalue weighted by molar-refractivity contribution is -0.142. The van der Waals surface area contributed by atoms with Crippen molar-refractivity contribution in [3.05, 3.63) is 46.2 Å². The van der Waals surface area contributed by atoms with Crippen LogP contribution >= 0.6 is 11.3 Å². The summed E-state index contributed by atoms with van der Waals surface area (Å²) in [5.41, 5.74) is 1.59. The highest BCUT2D eigenvalue weighted by Crippen LogP contribution is 2.27. The van der Waals surface area contributed by atoms with Gasteiger partial charge in [-0.1, -0.05) is 18.2 Å². The first kappa shape index (κ1) is 19.5. The summed E-state index contributed by atoms with van der Waals surface area (Å²) in [4.78, 5) is 23.8. The molecule has 0 spiro atoms. The number of piperidine rings is 1. The Morgan fingerprint density at radius 1 is 1.22 bits per heavy atom. The fraction of sp³-hybridized carbons (Fsp3) is 0.333. The van der Waals surface area contributed by atoms with Crippen LogP contribution in [0.2, 0.25) is 0 Å². The predicted molar refractivity (Wildman–Crippen MR) is 103 cm³/mol.